The first-order chi connectivity index (χ1) is 10.0. The van der Waals surface area contributed by atoms with E-state index in [1.807, 2.05) is 0 Å². The van der Waals surface area contributed by atoms with Crippen LogP contribution in [0.4, 0.5) is 0 Å². The molecule has 0 fully saturated rings. The molecule has 0 radical (unpaired) electrons. The Balaban J connectivity index is 2.00. The van der Waals surface area contributed by atoms with E-state index < -0.39 is 11.8 Å². The molecular formula is C13H11BrN2O4S. The van der Waals surface area contributed by atoms with E-state index in [1.165, 1.54) is 36.6 Å². The highest BCUT2D eigenvalue weighted by Crippen LogP contribution is 2.23. The van der Waals surface area contributed by atoms with Crippen molar-refractivity contribution in [3.05, 3.63) is 44.6 Å². The third kappa shape index (κ3) is 3.73. The van der Waals surface area contributed by atoms with Gasteiger partial charge in [0.2, 0.25) is 0 Å². The second-order valence-electron chi connectivity index (χ2n) is 3.90. The van der Waals surface area contributed by atoms with Crippen LogP contribution in [-0.4, -0.2) is 24.0 Å². The number of hydrogen-bond acceptors (Lipinski definition) is 5. The largest absolute Gasteiger partial charge is 0.507 e. The van der Waals surface area contributed by atoms with Gasteiger partial charge in [-0.2, -0.15) is 0 Å². The van der Waals surface area contributed by atoms with Crippen LogP contribution in [0, 0.1) is 0 Å². The number of phenolic OH excluding ortho intramolecular Hbond substituents is 1. The van der Waals surface area contributed by atoms with Crippen LogP contribution in [-0.2, 0) is 0 Å². The molecule has 6 nitrogen and oxygen atoms in total. The topological polar surface area (TPSA) is 87.7 Å². The number of phenols is 1. The van der Waals surface area contributed by atoms with Crippen molar-refractivity contribution in [3.8, 4) is 11.5 Å². The minimum absolute atomic E-state index is 0.0310. The fraction of sp³-hybridized carbons (Fsp3) is 0.0769. The van der Waals surface area contributed by atoms with E-state index in [4.69, 9.17) is 4.74 Å². The predicted octanol–water partition coefficient (Wildman–Crippen LogP) is 2.30. The smallest absolute Gasteiger partial charge is 0.279 e. The zero-order chi connectivity index (χ0) is 15.4. The van der Waals surface area contributed by atoms with Gasteiger partial charge in [-0.15, -0.1) is 11.3 Å². The molecule has 3 N–H and O–H groups in total. The number of aromatic hydroxyl groups is 1. The molecule has 0 atom stereocenters. The second-order valence-corrected chi connectivity index (χ2v) is 6.36. The van der Waals surface area contributed by atoms with Crippen molar-refractivity contribution in [2.24, 2.45) is 0 Å². The van der Waals surface area contributed by atoms with Crippen molar-refractivity contribution in [2.75, 3.05) is 7.11 Å². The molecule has 8 heteroatoms. The lowest BCUT2D eigenvalue weighted by Crippen LogP contribution is -2.41. The van der Waals surface area contributed by atoms with E-state index in [0.717, 1.165) is 3.79 Å². The Morgan fingerprint density at radius 2 is 1.90 bits per heavy atom. The number of hydrogen-bond donors (Lipinski definition) is 3. The Bertz CT molecular complexity index is 687. The highest BCUT2D eigenvalue weighted by Gasteiger charge is 2.14. The van der Waals surface area contributed by atoms with Crippen molar-refractivity contribution in [1.82, 2.24) is 10.9 Å². The summed E-state index contributed by atoms with van der Waals surface area (Å²) < 4.78 is 5.74. The van der Waals surface area contributed by atoms with E-state index in [-0.39, 0.29) is 11.3 Å². The molecule has 0 aliphatic rings. The number of ether oxygens (including phenoxy) is 1. The number of nitrogens with one attached hydrogen (secondary N) is 2. The number of rotatable bonds is 3. The van der Waals surface area contributed by atoms with Crippen LogP contribution < -0.4 is 15.6 Å². The van der Waals surface area contributed by atoms with Gasteiger partial charge in [0.15, 0.2) is 0 Å². The van der Waals surface area contributed by atoms with Crippen LogP contribution in [0.1, 0.15) is 20.0 Å². The summed E-state index contributed by atoms with van der Waals surface area (Å²) in [6.45, 7) is 0. The molecule has 0 spiro atoms. The summed E-state index contributed by atoms with van der Waals surface area (Å²) in [5, 5.41) is 9.72. The molecule has 0 aliphatic heterocycles. The molecule has 0 unspecified atom stereocenters. The lowest BCUT2D eigenvalue weighted by atomic mass is 10.2. The van der Waals surface area contributed by atoms with Gasteiger partial charge in [-0.05, 0) is 40.2 Å². The molecule has 0 saturated heterocycles. The standard InChI is InChI=1S/C13H11BrN2O4S/c1-20-7-2-3-8(9(17)6-7)12(18)15-16-13(19)10-4-5-11(14)21-10/h2-6,17H,1H3,(H,15,18)(H,16,19). The van der Waals surface area contributed by atoms with Crippen LogP contribution in [0.3, 0.4) is 0 Å². The number of methoxy groups -OCH3 is 1. The Morgan fingerprint density at radius 1 is 1.19 bits per heavy atom. The van der Waals surface area contributed by atoms with Crippen LogP contribution in [0.25, 0.3) is 0 Å². The van der Waals surface area contributed by atoms with E-state index >= 15 is 0 Å². The molecule has 1 aromatic carbocycles. The average molecular weight is 371 g/mol. The van der Waals surface area contributed by atoms with Gasteiger partial charge in [0.1, 0.15) is 11.5 Å². The minimum Gasteiger partial charge on any atom is -0.507 e. The van der Waals surface area contributed by atoms with Crippen LogP contribution in [0.15, 0.2) is 34.1 Å². The van der Waals surface area contributed by atoms with E-state index in [0.29, 0.717) is 10.6 Å². The first-order valence-electron chi connectivity index (χ1n) is 5.74. The summed E-state index contributed by atoms with van der Waals surface area (Å²) in [5.74, 6) is -0.873. The molecule has 2 amide bonds. The van der Waals surface area contributed by atoms with Crippen LogP contribution in [0.5, 0.6) is 11.5 Å². The number of halogens is 1. The van der Waals surface area contributed by atoms with E-state index in [1.54, 1.807) is 12.1 Å². The number of carbonyl (C=O) groups excluding carboxylic acids is 2. The number of hydrazine groups is 1. The summed E-state index contributed by atoms with van der Waals surface area (Å²) in [5.41, 5.74) is 4.54. The Hall–Kier alpha value is -2.06. The van der Waals surface area contributed by atoms with Crippen LogP contribution >= 0.6 is 27.3 Å². The molecule has 0 saturated carbocycles. The van der Waals surface area contributed by atoms with Gasteiger partial charge in [0.25, 0.3) is 11.8 Å². The van der Waals surface area contributed by atoms with Gasteiger partial charge < -0.3 is 9.84 Å². The van der Waals surface area contributed by atoms with E-state index in [9.17, 15) is 14.7 Å². The number of amides is 2. The van der Waals surface area contributed by atoms with Gasteiger partial charge in [-0.25, -0.2) is 0 Å². The number of thiophene rings is 1. The first kappa shape index (κ1) is 15.3. The molecule has 110 valence electrons. The third-order valence-electron chi connectivity index (χ3n) is 2.54. The van der Waals surface area contributed by atoms with Crippen molar-refractivity contribution in [3.63, 3.8) is 0 Å². The first-order valence-corrected chi connectivity index (χ1v) is 7.35. The fourth-order valence-electron chi connectivity index (χ4n) is 1.51. The summed E-state index contributed by atoms with van der Waals surface area (Å²) in [6.07, 6.45) is 0. The number of carbonyl (C=O) groups is 2. The highest BCUT2D eigenvalue weighted by molar-refractivity contribution is 9.11. The molecule has 2 rings (SSSR count). The maximum atomic E-state index is 11.9. The average Bonchev–Trinajstić information content (AvgIpc) is 2.90. The third-order valence-corrected chi connectivity index (χ3v) is 4.16. The van der Waals surface area contributed by atoms with Gasteiger partial charge in [0.05, 0.1) is 21.3 Å². The number of benzene rings is 1. The van der Waals surface area contributed by atoms with Crippen molar-refractivity contribution in [1.29, 1.82) is 0 Å². The maximum absolute atomic E-state index is 11.9. The summed E-state index contributed by atoms with van der Waals surface area (Å²) >= 11 is 4.49. The second kappa shape index (κ2) is 6.59. The minimum atomic E-state index is -0.626. The van der Waals surface area contributed by atoms with Gasteiger partial charge in [-0.3, -0.25) is 20.4 Å². The predicted molar refractivity (Wildman–Crippen MR) is 81.6 cm³/mol. The molecular weight excluding hydrogens is 360 g/mol. The lowest BCUT2D eigenvalue weighted by molar-refractivity contribution is 0.0847. The van der Waals surface area contributed by atoms with E-state index in [2.05, 4.69) is 26.8 Å². The molecule has 1 aromatic heterocycles. The highest BCUT2D eigenvalue weighted by atomic mass is 79.9. The van der Waals surface area contributed by atoms with Gasteiger partial charge >= 0.3 is 0 Å². The van der Waals surface area contributed by atoms with Crippen molar-refractivity contribution in [2.45, 2.75) is 0 Å². The monoisotopic (exact) mass is 370 g/mol. The molecule has 2 aromatic rings. The Kier molecular flexibility index (Phi) is 4.81. The van der Waals surface area contributed by atoms with Gasteiger partial charge in [0, 0.05) is 6.07 Å². The summed E-state index contributed by atoms with van der Waals surface area (Å²) in [6, 6.07) is 7.61. The molecule has 1 heterocycles. The van der Waals surface area contributed by atoms with Crippen molar-refractivity contribution < 1.29 is 19.4 Å². The zero-order valence-electron chi connectivity index (χ0n) is 10.8. The summed E-state index contributed by atoms with van der Waals surface area (Å²) in [7, 11) is 1.45. The normalized spacial score (nSPS) is 10.0. The zero-order valence-corrected chi connectivity index (χ0v) is 13.2. The fourth-order valence-corrected chi connectivity index (χ4v) is 2.79. The molecule has 21 heavy (non-hydrogen) atoms. The molecule has 0 bridgehead atoms. The maximum Gasteiger partial charge on any atom is 0.279 e. The summed E-state index contributed by atoms with van der Waals surface area (Å²) in [4.78, 5) is 24.1. The van der Waals surface area contributed by atoms with Crippen LogP contribution in [0.2, 0.25) is 0 Å². The van der Waals surface area contributed by atoms with Gasteiger partial charge in [-0.1, -0.05) is 0 Å². The van der Waals surface area contributed by atoms with Crippen molar-refractivity contribution >= 4 is 39.1 Å². The molecule has 0 aliphatic carbocycles. The SMILES string of the molecule is COc1ccc(C(=O)NNC(=O)c2ccc(Br)s2)c(O)c1. The quantitative estimate of drug-likeness (QED) is 0.723. The Morgan fingerprint density at radius 3 is 2.48 bits per heavy atom. The Labute approximate surface area is 132 Å². The lowest BCUT2D eigenvalue weighted by Gasteiger charge is -2.08.